The van der Waals surface area contributed by atoms with Crippen LogP contribution >= 0.6 is 0 Å². The summed E-state index contributed by atoms with van der Waals surface area (Å²) in [4.78, 5) is 14.9. The Balaban J connectivity index is 1.96. The summed E-state index contributed by atoms with van der Waals surface area (Å²) < 4.78 is 36.9. The molecule has 0 unspecified atom stereocenters. The Labute approximate surface area is 108 Å². The monoisotopic (exact) mass is 273 g/mol. The minimum absolute atomic E-state index is 0.0934. The Hall–Kier alpha value is -1.63. The highest BCUT2D eigenvalue weighted by Crippen LogP contribution is 2.28. The third-order valence-corrected chi connectivity index (χ3v) is 3.27. The smallest absolute Gasteiger partial charge is 0.350 e. The molecule has 0 radical (unpaired) electrons. The van der Waals surface area contributed by atoms with Crippen molar-refractivity contribution in [3.8, 4) is 0 Å². The number of pyridine rings is 1. The van der Waals surface area contributed by atoms with Gasteiger partial charge in [0.1, 0.15) is 5.69 Å². The third-order valence-electron chi connectivity index (χ3n) is 3.27. The lowest BCUT2D eigenvalue weighted by Gasteiger charge is -2.38. The minimum atomic E-state index is -4.50. The predicted octanol–water partition coefficient (Wildman–Crippen LogP) is 1.71. The maximum absolute atomic E-state index is 12.3. The summed E-state index contributed by atoms with van der Waals surface area (Å²) in [6.45, 7) is 0.326. The molecule has 1 fully saturated rings. The number of aromatic nitrogens is 1. The van der Waals surface area contributed by atoms with Crippen LogP contribution in [-0.4, -0.2) is 23.0 Å². The van der Waals surface area contributed by atoms with Gasteiger partial charge in [0, 0.05) is 18.3 Å². The fourth-order valence-corrected chi connectivity index (χ4v) is 1.86. The molecule has 1 aromatic rings. The number of carbonyl (C=O) groups is 1. The van der Waals surface area contributed by atoms with E-state index in [0.717, 1.165) is 37.6 Å². The maximum atomic E-state index is 12.3. The third kappa shape index (κ3) is 3.23. The first-order valence-corrected chi connectivity index (χ1v) is 5.91. The van der Waals surface area contributed by atoms with Crippen LogP contribution in [0.2, 0.25) is 0 Å². The molecule has 0 saturated heterocycles. The molecule has 1 saturated carbocycles. The predicted molar refractivity (Wildman–Crippen MR) is 62.3 cm³/mol. The SMILES string of the molecule is NC1(CNC(=O)c2ccc(C(F)(F)F)nc2)CCC1. The molecular weight excluding hydrogens is 259 g/mol. The Morgan fingerprint density at radius 3 is 2.53 bits per heavy atom. The van der Waals surface area contributed by atoms with E-state index in [0.29, 0.717) is 6.54 Å². The van der Waals surface area contributed by atoms with E-state index in [2.05, 4.69) is 10.3 Å². The fourth-order valence-electron chi connectivity index (χ4n) is 1.86. The van der Waals surface area contributed by atoms with Crippen LogP contribution in [0, 0.1) is 0 Å². The zero-order chi connectivity index (χ0) is 14.1. The second kappa shape index (κ2) is 4.80. The van der Waals surface area contributed by atoms with Gasteiger partial charge in [-0.2, -0.15) is 13.2 Å². The van der Waals surface area contributed by atoms with Gasteiger partial charge in [-0.15, -0.1) is 0 Å². The molecule has 0 bridgehead atoms. The number of amides is 1. The first-order valence-electron chi connectivity index (χ1n) is 5.91. The molecule has 1 heterocycles. The van der Waals surface area contributed by atoms with E-state index in [4.69, 9.17) is 5.73 Å². The summed E-state index contributed by atoms with van der Waals surface area (Å²) in [5.74, 6) is -0.460. The molecule has 0 aromatic carbocycles. The Morgan fingerprint density at radius 1 is 1.42 bits per heavy atom. The normalized spacial score (nSPS) is 17.7. The summed E-state index contributed by atoms with van der Waals surface area (Å²) >= 11 is 0. The number of rotatable bonds is 3. The van der Waals surface area contributed by atoms with Crippen LogP contribution in [0.1, 0.15) is 35.3 Å². The molecule has 3 N–H and O–H groups in total. The number of carbonyl (C=O) groups excluding carboxylic acids is 1. The average Bonchev–Trinajstić information content (AvgIpc) is 2.33. The molecular formula is C12H14F3N3O. The average molecular weight is 273 g/mol. The van der Waals surface area contributed by atoms with Crippen molar-refractivity contribution in [1.82, 2.24) is 10.3 Å². The standard InChI is InChI=1S/C12H14F3N3O/c13-12(14,15)9-3-2-8(6-17-9)10(19)18-7-11(16)4-1-5-11/h2-3,6H,1,4-5,7,16H2,(H,18,19). The van der Waals surface area contributed by atoms with Crippen LogP contribution in [0.25, 0.3) is 0 Å². The van der Waals surface area contributed by atoms with E-state index >= 15 is 0 Å². The highest BCUT2D eigenvalue weighted by Gasteiger charge is 2.33. The first-order chi connectivity index (χ1) is 8.80. The van der Waals surface area contributed by atoms with Gasteiger partial charge in [-0.05, 0) is 31.4 Å². The van der Waals surface area contributed by atoms with Crippen molar-refractivity contribution in [2.45, 2.75) is 31.0 Å². The van der Waals surface area contributed by atoms with Crippen LogP contribution < -0.4 is 11.1 Å². The van der Waals surface area contributed by atoms with Gasteiger partial charge in [0.25, 0.3) is 5.91 Å². The van der Waals surface area contributed by atoms with Gasteiger partial charge < -0.3 is 11.1 Å². The van der Waals surface area contributed by atoms with E-state index in [9.17, 15) is 18.0 Å². The zero-order valence-electron chi connectivity index (χ0n) is 10.1. The van der Waals surface area contributed by atoms with E-state index in [1.807, 2.05) is 0 Å². The number of halogens is 3. The number of nitrogens with zero attached hydrogens (tertiary/aromatic N) is 1. The van der Waals surface area contributed by atoms with Crippen molar-refractivity contribution < 1.29 is 18.0 Å². The number of nitrogens with two attached hydrogens (primary N) is 1. The summed E-state index contributed by atoms with van der Waals surface area (Å²) in [6, 6.07) is 1.89. The Bertz CT molecular complexity index is 466. The summed E-state index contributed by atoms with van der Waals surface area (Å²) in [6.07, 6.45) is -0.852. The highest BCUT2D eigenvalue weighted by molar-refractivity contribution is 5.93. The molecule has 0 atom stereocenters. The molecule has 0 aliphatic heterocycles. The van der Waals surface area contributed by atoms with Gasteiger partial charge in [-0.25, -0.2) is 0 Å². The summed E-state index contributed by atoms with van der Waals surface area (Å²) in [5.41, 5.74) is 4.64. The van der Waals surface area contributed by atoms with Crippen LogP contribution in [-0.2, 0) is 6.18 Å². The maximum Gasteiger partial charge on any atom is 0.433 e. The zero-order valence-corrected chi connectivity index (χ0v) is 10.1. The highest BCUT2D eigenvalue weighted by atomic mass is 19.4. The molecule has 1 aliphatic carbocycles. The number of nitrogens with one attached hydrogen (secondary N) is 1. The Morgan fingerprint density at radius 2 is 2.11 bits per heavy atom. The Kier molecular flexibility index (Phi) is 3.49. The van der Waals surface area contributed by atoms with Gasteiger partial charge in [0.05, 0.1) is 5.56 Å². The molecule has 1 amide bonds. The van der Waals surface area contributed by atoms with Crippen molar-refractivity contribution in [3.63, 3.8) is 0 Å². The number of hydrogen-bond acceptors (Lipinski definition) is 3. The largest absolute Gasteiger partial charge is 0.433 e. The van der Waals surface area contributed by atoms with E-state index in [1.54, 1.807) is 0 Å². The lowest BCUT2D eigenvalue weighted by molar-refractivity contribution is -0.141. The van der Waals surface area contributed by atoms with E-state index in [1.165, 1.54) is 0 Å². The molecule has 104 valence electrons. The number of alkyl halides is 3. The van der Waals surface area contributed by atoms with E-state index in [-0.39, 0.29) is 11.1 Å². The van der Waals surface area contributed by atoms with Crippen molar-refractivity contribution in [1.29, 1.82) is 0 Å². The molecule has 1 aromatic heterocycles. The van der Waals surface area contributed by atoms with Gasteiger partial charge in [-0.3, -0.25) is 9.78 Å². The molecule has 4 nitrogen and oxygen atoms in total. The topological polar surface area (TPSA) is 68.0 Å². The van der Waals surface area contributed by atoms with Gasteiger partial charge in [0.2, 0.25) is 0 Å². The molecule has 7 heteroatoms. The van der Waals surface area contributed by atoms with Crippen LogP contribution in [0.5, 0.6) is 0 Å². The quantitative estimate of drug-likeness (QED) is 0.881. The lowest BCUT2D eigenvalue weighted by Crippen LogP contribution is -2.54. The van der Waals surface area contributed by atoms with Crippen LogP contribution in [0.4, 0.5) is 13.2 Å². The van der Waals surface area contributed by atoms with Crippen molar-refractivity contribution in [2.24, 2.45) is 5.73 Å². The second-order valence-electron chi connectivity index (χ2n) is 4.83. The molecule has 19 heavy (non-hydrogen) atoms. The van der Waals surface area contributed by atoms with Crippen LogP contribution in [0.3, 0.4) is 0 Å². The van der Waals surface area contributed by atoms with Gasteiger partial charge in [0.15, 0.2) is 0 Å². The fraction of sp³-hybridized carbons (Fsp3) is 0.500. The second-order valence-corrected chi connectivity index (χ2v) is 4.83. The molecule has 2 rings (SSSR count). The first kappa shape index (κ1) is 13.8. The summed E-state index contributed by atoms with van der Waals surface area (Å²) in [7, 11) is 0. The van der Waals surface area contributed by atoms with Crippen molar-refractivity contribution in [2.75, 3.05) is 6.54 Å². The minimum Gasteiger partial charge on any atom is -0.350 e. The summed E-state index contributed by atoms with van der Waals surface area (Å²) in [5, 5.41) is 2.61. The van der Waals surface area contributed by atoms with Crippen LogP contribution in [0.15, 0.2) is 18.3 Å². The molecule has 1 aliphatic rings. The lowest BCUT2D eigenvalue weighted by atomic mass is 9.78. The van der Waals surface area contributed by atoms with Crippen molar-refractivity contribution in [3.05, 3.63) is 29.6 Å². The van der Waals surface area contributed by atoms with Gasteiger partial charge in [-0.1, -0.05) is 0 Å². The van der Waals surface area contributed by atoms with Crippen molar-refractivity contribution >= 4 is 5.91 Å². The van der Waals surface area contributed by atoms with E-state index < -0.39 is 17.8 Å². The van der Waals surface area contributed by atoms with Gasteiger partial charge >= 0.3 is 6.18 Å². The molecule has 0 spiro atoms. The number of hydrogen-bond donors (Lipinski definition) is 2.